The Morgan fingerprint density at radius 1 is 1.34 bits per heavy atom. The number of alkyl halides is 5. The highest BCUT2D eigenvalue weighted by Gasteiger charge is 2.50. The molecule has 1 unspecified atom stereocenters. The van der Waals surface area contributed by atoms with Crippen LogP contribution in [0, 0.1) is 12.8 Å². The number of imidazole rings is 1. The van der Waals surface area contributed by atoms with Gasteiger partial charge in [0.1, 0.15) is 11.9 Å². The van der Waals surface area contributed by atoms with Gasteiger partial charge in [0.25, 0.3) is 11.8 Å². The maximum absolute atomic E-state index is 13.8. The molecule has 2 aromatic rings. The van der Waals surface area contributed by atoms with Gasteiger partial charge in [-0.2, -0.15) is 13.2 Å². The molecule has 1 aliphatic heterocycles. The molecule has 29 heavy (non-hydrogen) atoms. The van der Waals surface area contributed by atoms with Crippen LogP contribution in [0.4, 0.5) is 27.8 Å². The van der Waals surface area contributed by atoms with Gasteiger partial charge in [0, 0.05) is 13.0 Å². The summed E-state index contributed by atoms with van der Waals surface area (Å²) in [5, 5.41) is 6.29. The molecule has 1 amide bonds. The van der Waals surface area contributed by atoms with Crippen molar-refractivity contribution in [1.29, 1.82) is 0 Å². The van der Waals surface area contributed by atoms with Crippen LogP contribution in [0.3, 0.4) is 0 Å². The van der Waals surface area contributed by atoms with Crippen LogP contribution in [0.5, 0.6) is 0 Å². The van der Waals surface area contributed by atoms with Crippen molar-refractivity contribution in [2.75, 3.05) is 18.0 Å². The van der Waals surface area contributed by atoms with E-state index in [0.717, 1.165) is 10.7 Å². The average Bonchev–Trinajstić information content (AvgIpc) is 3.35. The van der Waals surface area contributed by atoms with E-state index in [4.69, 9.17) is 0 Å². The second-order valence-electron chi connectivity index (χ2n) is 7.78. The molecule has 1 saturated heterocycles. The quantitative estimate of drug-likeness (QED) is 0.776. The lowest BCUT2D eigenvalue weighted by Gasteiger charge is -2.33. The fourth-order valence-electron chi connectivity index (χ4n) is 3.69. The summed E-state index contributed by atoms with van der Waals surface area (Å²) in [6.45, 7) is 1.56. The highest BCUT2D eigenvalue weighted by atomic mass is 19.4. The number of carbonyl (C=O) groups excluding carboxylic acids is 1. The number of rotatable bonds is 4. The van der Waals surface area contributed by atoms with E-state index in [1.807, 2.05) is 5.32 Å². The van der Waals surface area contributed by atoms with E-state index >= 15 is 0 Å². The molecule has 2 aliphatic rings. The number of amides is 1. The van der Waals surface area contributed by atoms with Gasteiger partial charge in [0.05, 0.1) is 12.7 Å². The van der Waals surface area contributed by atoms with Crippen LogP contribution in [-0.2, 0) is 0 Å². The van der Waals surface area contributed by atoms with E-state index in [2.05, 4.69) is 10.1 Å². The first-order chi connectivity index (χ1) is 13.5. The molecule has 11 heteroatoms. The molecular weight excluding hydrogens is 397 g/mol. The number of nitrogens with zero attached hydrogens (tertiary/aromatic N) is 4. The zero-order valence-electron chi connectivity index (χ0n) is 15.6. The Kier molecular flexibility index (Phi) is 4.66. The fraction of sp³-hybridized carbons (Fsp3) is 0.611. The monoisotopic (exact) mass is 417 g/mol. The normalized spacial score (nSPS) is 20.7. The lowest BCUT2D eigenvalue weighted by Crippen LogP contribution is -2.47. The number of nitrogens with one attached hydrogen (secondary N) is 1. The third-order valence-electron chi connectivity index (χ3n) is 5.32. The van der Waals surface area contributed by atoms with Crippen molar-refractivity contribution in [3.63, 3.8) is 0 Å². The second-order valence-corrected chi connectivity index (χ2v) is 7.78. The molecule has 1 atom stereocenters. The molecule has 0 bridgehead atoms. The lowest BCUT2D eigenvalue weighted by atomic mass is 10.1. The Hall–Kier alpha value is -2.46. The van der Waals surface area contributed by atoms with Gasteiger partial charge >= 0.3 is 6.18 Å². The summed E-state index contributed by atoms with van der Waals surface area (Å²) >= 11 is 0. The minimum absolute atomic E-state index is 0.163. The fourth-order valence-corrected chi connectivity index (χ4v) is 3.69. The first-order valence-electron chi connectivity index (χ1n) is 9.41. The van der Waals surface area contributed by atoms with Gasteiger partial charge in [-0.3, -0.25) is 4.79 Å². The van der Waals surface area contributed by atoms with Crippen molar-refractivity contribution in [3.05, 3.63) is 23.5 Å². The van der Waals surface area contributed by atoms with Crippen LogP contribution >= 0.6 is 0 Å². The molecule has 0 radical (unpaired) electrons. The Balaban J connectivity index is 1.65. The molecule has 1 N–H and O–H groups in total. The average molecular weight is 417 g/mol. The Bertz CT molecular complexity index is 937. The SMILES string of the molecule is Cc1cc(N2CCCC(F)(F)C2)nn2c(C(=O)NC(C3CC3)C(F)(F)F)cnc12. The molecule has 2 fully saturated rings. The third-order valence-corrected chi connectivity index (χ3v) is 5.32. The smallest absolute Gasteiger partial charge is 0.349 e. The van der Waals surface area contributed by atoms with E-state index in [1.165, 1.54) is 4.90 Å². The van der Waals surface area contributed by atoms with Crippen molar-refractivity contribution in [3.8, 4) is 0 Å². The van der Waals surface area contributed by atoms with Gasteiger partial charge in [0.15, 0.2) is 11.3 Å². The highest BCUT2D eigenvalue weighted by Crippen LogP contribution is 2.40. The number of fused-ring (bicyclic) bond motifs is 1. The maximum atomic E-state index is 13.8. The minimum atomic E-state index is -4.55. The first-order valence-corrected chi connectivity index (χ1v) is 9.41. The van der Waals surface area contributed by atoms with Crippen LogP contribution in [0.2, 0.25) is 0 Å². The van der Waals surface area contributed by atoms with Crippen LogP contribution in [0.1, 0.15) is 41.7 Å². The molecule has 158 valence electrons. The Morgan fingerprint density at radius 3 is 2.69 bits per heavy atom. The Labute approximate surface area is 163 Å². The number of halogens is 5. The maximum Gasteiger partial charge on any atom is 0.408 e. The van der Waals surface area contributed by atoms with Crippen LogP contribution in [0.25, 0.3) is 5.65 Å². The molecule has 0 aromatic carbocycles. The molecular formula is C18H20F5N5O. The molecule has 1 saturated carbocycles. The first kappa shape index (κ1) is 19.8. The van der Waals surface area contributed by atoms with E-state index < -0.39 is 36.5 Å². The zero-order chi connectivity index (χ0) is 21.0. The number of carbonyl (C=O) groups is 1. The van der Waals surface area contributed by atoms with E-state index in [-0.39, 0.29) is 30.0 Å². The van der Waals surface area contributed by atoms with Gasteiger partial charge in [-0.05, 0) is 43.7 Å². The third kappa shape index (κ3) is 3.99. The molecule has 0 spiro atoms. The van der Waals surface area contributed by atoms with Crippen LogP contribution in [-0.4, -0.2) is 51.7 Å². The number of aromatic nitrogens is 3. The van der Waals surface area contributed by atoms with Gasteiger partial charge in [-0.1, -0.05) is 0 Å². The van der Waals surface area contributed by atoms with Crippen molar-refractivity contribution in [2.45, 2.75) is 50.7 Å². The summed E-state index contributed by atoms with van der Waals surface area (Å²) in [5.41, 5.74) is 0.707. The predicted octanol–water partition coefficient (Wildman–Crippen LogP) is 3.34. The van der Waals surface area contributed by atoms with Gasteiger partial charge in [0.2, 0.25) is 0 Å². The van der Waals surface area contributed by atoms with Crippen LogP contribution in [0.15, 0.2) is 12.3 Å². The second kappa shape index (κ2) is 6.81. The number of aryl methyl sites for hydroxylation is 1. The van der Waals surface area contributed by atoms with Crippen molar-refractivity contribution in [2.24, 2.45) is 5.92 Å². The lowest BCUT2D eigenvalue weighted by molar-refractivity contribution is -0.158. The van der Waals surface area contributed by atoms with Crippen LogP contribution < -0.4 is 10.2 Å². The summed E-state index contributed by atoms with van der Waals surface area (Å²) in [6, 6.07) is -0.334. The number of hydrogen-bond acceptors (Lipinski definition) is 4. The van der Waals surface area contributed by atoms with Gasteiger partial charge in [-0.25, -0.2) is 18.3 Å². The van der Waals surface area contributed by atoms with E-state index in [9.17, 15) is 26.7 Å². The predicted molar refractivity (Wildman–Crippen MR) is 94.2 cm³/mol. The van der Waals surface area contributed by atoms with Crippen molar-refractivity contribution in [1.82, 2.24) is 19.9 Å². The van der Waals surface area contributed by atoms with E-state index in [0.29, 0.717) is 24.9 Å². The summed E-state index contributed by atoms with van der Waals surface area (Å²) in [4.78, 5) is 18.1. The van der Waals surface area contributed by atoms with Gasteiger partial charge in [-0.15, -0.1) is 5.10 Å². The van der Waals surface area contributed by atoms with E-state index in [1.54, 1.807) is 13.0 Å². The molecule has 3 heterocycles. The van der Waals surface area contributed by atoms with Gasteiger partial charge < -0.3 is 10.2 Å². The summed E-state index contributed by atoms with van der Waals surface area (Å²) in [7, 11) is 0. The Morgan fingerprint density at radius 2 is 2.07 bits per heavy atom. The topological polar surface area (TPSA) is 62.5 Å². The summed E-state index contributed by atoms with van der Waals surface area (Å²) < 4.78 is 68.4. The highest BCUT2D eigenvalue weighted by molar-refractivity contribution is 5.93. The zero-order valence-corrected chi connectivity index (χ0v) is 15.6. The number of piperidine rings is 1. The summed E-state index contributed by atoms with van der Waals surface area (Å²) in [5.74, 6) is -4.18. The molecule has 2 aromatic heterocycles. The molecule has 6 nitrogen and oxygen atoms in total. The van der Waals surface area contributed by atoms with Crippen molar-refractivity contribution >= 4 is 17.4 Å². The standard InChI is InChI=1S/C18H20F5N5O/c1-10-7-13(27-6-2-5-17(19,20)9-27)26-28-12(8-24-15(10)28)16(29)25-14(11-3-4-11)18(21,22)23/h7-8,11,14H,2-6,9H2,1H3,(H,25,29). The molecule has 4 rings (SSSR count). The molecule has 1 aliphatic carbocycles. The minimum Gasteiger partial charge on any atom is -0.349 e. The number of anilines is 1. The largest absolute Gasteiger partial charge is 0.408 e. The number of hydrogen-bond donors (Lipinski definition) is 1. The summed E-state index contributed by atoms with van der Waals surface area (Å²) in [6.07, 6.45) is -2.50. The van der Waals surface area contributed by atoms with Crippen molar-refractivity contribution < 1.29 is 26.7 Å².